The van der Waals surface area contributed by atoms with Crippen LogP contribution in [-0.4, -0.2) is 25.6 Å². The number of nitrogens with one attached hydrogen (secondary N) is 1. The Morgan fingerprint density at radius 1 is 1.26 bits per heavy atom. The van der Waals surface area contributed by atoms with Gasteiger partial charge in [0.2, 0.25) is 0 Å². The van der Waals surface area contributed by atoms with Gasteiger partial charge in [-0.3, -0.25) is 14.9 Å². The number of carbonyl (C=O) groups excluding carboxylic acids is 1. The van der Waals surface area contributed by atoms with Crippen LogP contribution in [0.25, 0.3) is 0 Å². The van der Waals surface area contributed by atoms with E-state index in [1.54, 1.807) is 23.7 Å². The third-order valence-corrected chi connectivity index (χ3v) is 5.03. The molecular formula is C18H17N5O3S. The number of carbonyl (C=O) groups is 1. The second kappa shape index (κ2) is 8.00. The SMILES string of the molecule is CCc1ccc(NC(=O)c2ccc(Sc3nncn3C)c([N+](=O)[O-])c2)cc1. The highest BCUT2D eigenvalue weighted by atomic mass is 32.2. The molecule has 0 saturated heterocycles. The summed E-state index contributed by atoms with van der Waals surface area (Å²) in [5.41, 5.74) is 1.85. The summed E-state index contributed by atoms with van der Waals surface area (Å²) in [5.74, 6) is -0.405. The molecule has 0 aliphatic carbocycles. The summed E-state index contributed by atoms with van der Waals surface area (Å²) in [6.45, 7) is 2.05. The topological polar surface area (TPSA) is 103 Å². The van der Waals surface area contributed by atoms with Crippen molar-refractivity contribution in [1.82, 2.24) is 14.8 Å². The van der Waals surface area contributed by atoms with Gasteiger partial charge in [-0.25, -0.2) is 0 Å². The molecule has 0 saturated carbocycles. The third kappa shape index (κ3) is 4.32. The summed E-state index contributed by atoms with van der Waals surface area (Å²) in [6.07, 6.45) is 2.42. The first kappa shape index (κ1) is 18.6. The lowest BCUT2D eigenvalue weighted by atomic mass is 10.1. The van der Waals surface area contributed by atoms with Gasteiger partial charge in [-0.1, -0.05) is 19.1 Å². The summed E-state index contributed by atoms with van der Waals surface area (Å²) in [7, 11) is 1.75. The van der Waals surface area contributed by atoms with Crippen LogP contribution in [0.4, 0.5) is 11.4 Å². The normalized spacial score (nSPS) is 10.6. The second-order valence-electron chi connectivity index (χ2n) is 5.77. The average Bonchev–Trinajstić information content (AvgIpc) is 3.07. The van der Waals surface area contributed by atoms with Gasteiger partial charge >= 0.3 is 0 Å². The lowest BCUT2D eigenvalue weighted by Crippen LogP contribution is -2.12. The molecule has 0 aliphatic rings. The molecule has 8 nitrogen and oxygen atoms in total. The fourth-order valence-corrected chi connectivity index (χ4v) is 3.23. The molecule has 3 rings (SSSR count). The number of nitro benzene ring substituents is 1. The first-order valence-electron chi connectivity index (χ1n) is 8.18. The Bertz CT molecular complexity index is 985. The Hall–Kier alpha value is -3.20. The fourth-order valence-electron chi connectivity index (χ4n) is 2.38. The highest BCUT2D eigenvalue weighted by molar-refractivity contribution is 7.99. The number of aryl methyl sites for hydroxylation is 2. The molecule has 0 aliphatic heterocycles. The molecule has 1 amide bonds. The van der Waals surface area contributed by atoms with E-state index in [2.05, 4.69) is 15.5 Å². The Labute approximate surface area is 159 Å². The van der Waals surface area contributed by atoms with Crippen LogP contribution >= 0.6 is 11.8 Å². The van der Waals surface area contributed by atoms with E-state index in [0.717, 1.165) is 23.7 Å². The molecule has 0 atom stereocenters. The van der Waals surface area contributed by atoms with Crippen molar-refractivity contribution in [2.45, 2.75) is 23.4 Å². The highest BCUT2D eigenvalue weighted by Gasteiger charge is 2.20. The minimum absolute atomic E-state index is 0.156. The van der Waals surface area contributed by atoms with Gasteiger partial charge in [0.1, 0.15) is 6.33 Å². The standard InChI is InChI=1S/C18H17N5O3S/c1-3-12-4-7-14(8-5-12)20-17(24)13-6-9-16(15(10-13)23(25)26)27-18-21-19-11-22(18)2/h4-11H,3H2,1-2H3,(H,20,24). The second-order valence-corrected chi connectivity index (χ2v) is 6.78. The van der Waals surface area contributed by atoms with E-state index >= 15 is 0 Å². The molecule has 0 radical (unpaired) electrons. The zero-order valence-corrected chi connectivity index (χ0v) is 15.6. The van der Waals surface area contributed by atoms with E-state index in [-0.39, 0.29) is 11.3 Å². The smallest absolute Gasteiger partial charge is 0.284 e. The zero-order valence-electron chi connectivity index (χ0n) is 14.7. The van der Waals surface area contributed by atoms with Crippen molar-refractivity contribution in [3.8, 4) is 0 Å². The molecular weight excluding hydrogens is 366 g/mol. The van der Waals surface area contributed by atoms with Gasteiger partial charge < -0.3 is 9.88 Å². The molecule has 138 valence electrons. The van der Waals surface area contributed by atoms with Gasteiger partial charge in [-0.15, -0.1) is 10.2 Å². The number of nitrogens with zero attached hydrogens (tertiary/aromatic N) is 4. The zero-order chi connectivity index (χ0) is 19.4. The van der Waals surface area contributed by atoms with Gasteiger partial charge in [0.15, 0.2) is 5.16 Å². The Balaban J connectivity index is 1.83. The first-order chi connectivity index (χ1) is 13.0. The monoisotopic (exact) mass is 383 g/mol. The summed E-state index contributed by atoms with van der Waals surface area (Å²) < 4.78 is 1.66. The van der Waals surface area contributed by atoms with Crippen LogP contribution in [0.15, 0.2) is 58.8 Å². The molecule has 1 aromatic heterocycles. The van der Waals surface area contributed by atoms with Gasteiger partial charge in [-0.2, -0.15) is 0 Å². The van der Waals surface area contributed by atoms with Crippen LogP contribution in [0.2, 0.25) is 0 Å². The molecule has 3 aromatic rings. The van der Waals surface area contributed by atoms with Crippen LogP contribution in [0, 0.1) is 10.1 Å². The largest absolute Gasteiger partial charge is 0.322 e. The molecule has 0 fully saturated rings. The van der Waals surface area contributed by atoms with Gasteiger partial charge in [0.05, 0.1) is 9.82 Å². The number of rotatable bonds is 6. The number of nitro groups is 1. The number of benzene rings is 2. The Morgan fingerprint density at radius 3 is 2.59 bits per heavy atom. The highest BCUT2D eigenvalue weighted by Crippen LogP contribution is 2.34. The summed E-state index contributed by atoms with van der Waals surface area (Å²) in [5, 5.41) is 22.4. The van der Waals surface area contributed by atoms with E-state index in [4.69, 9.17) is 0 Å². The third-order valence-electron chi connectivity index (χ3n) is 3.91. The molecule has 1 heterocycles. The van der Waals surface area contributed by atoms with Gasteiger partial charge in [-0.05, 0) is 48.0 Å². The van der Waals surface area contributed by atoms with Crippen molar-refractivity contribution in [3.63, 3.8) is 0 Å². The number of hydrogen-bond acceptors (Lipinski definition) is 6. The van der Waals surface area contributed by atoms with Gasteiger partial charge in [0, 0.05) is 24.4 Å². The Kier molecular flexibility index (Phi) is 5.51. The summed E-state index contributed by atoms with van der Waals surface area (Å²) >= 11 is 1.12. The van der Waals surface area contributed by atoms with Crippen molar-refractivity contribution < 1.29 is 9.72 Å². The van der Waals surface area contributed by atoms with Crippen molar-refractivity contribution in [2.24, 2.45) is 7.05 Å². The molecule has 0 unspecified atom stereocenters. The van der Waals surface area contributed by atoms with Crippen molar-refractivity contribution >= 4 is 29.0 Å². The number of amides is 1. The Morgan fingerprint density at radius 2 is 2.00 bits per heavy atom. The van der Waals surface area contributed by atoms with Crippen LogP contribution in [-0.2, 0) is 13.5 Å². The maximum absolute atomic E-state index is 12.5. The van der Waals surface area contributed by atoms with Gasteiger partial charge in [0.25, 0.3) is 11.6 Å². The van der Waals surface area contributed by atoms with Crippen molar-refractivity contribution in [1.29, 1.82) is 0 Å². The first-order valence-corrected chi connectivity index (χ1v) is 9.00. The minimum Gasteiger partial charge on any atom is -0.322 e. The van der Waals surface area contributed by atoms with Crippen molar-refractivity contribution in [2.75, 3.05) is 5.32 Å². The van der Waals surface area contributed by atoms with E-state index in [9.17, 15) is 14.9 Å². The van der Waals surface area contributed by atoms with E-state index in [1.165, 1.54) is 12.4 Å². The molecule has 2 aromatic carbocycles. The lowest BCUT2D eigenvalue weighted by molar-refractivity contribution is -0.387. The van der Waals surface area contributed by atoms with Crippen LogP contribution in [0.3, 0.4) is 0 Å². The molecule has 0 bridgehead atoms. The number of aromatic nitrogens is 3. The maximum Gasteiger partial charge on any atom is 0.284 e. The molecule has 27 heavy (non-hydrogen) atoms. The van der Waals surface area contributed by atoms with Crippen molar-refractivity contribution in [3.05, 3.63) is 70.0 Å². The maximum atomic E-state index is 12.5. The summed E-state index contributed by atoms with van der Waals surface area (Å²) in [4.78, 5) is 23.8. The van der Waals surface area contributed by atoms with Crippen LogP contribution in [0.5, 0.6) is 0 Å². The predicted molar refractivity (Wildman–Crippen MR) is 102 cm³/mol. The fraction of sp³-hybridized carbons (Fsp3) is 0.167. The van der Waals surface area contributed by atoms with E-state index in [0.29, 0.717) is 15.7 Å². The molecule has 0 spiro atoms. The van der Waals surface area contributed by atoms with Crippen LogP contribution in [0.1, 0.15) is 22.8 Å². The van der Waals surface area contributed by atoms with Crippen LogP contribution < -0.4 is 5.32 Å². The number of hydrogen-bond donors (Lipinski definition) is 1. The lowest BCUT2D eigenvalue weighted by Gasteiger charge is -2.08. The van der Waals surface area contributed by atoms with E-state index in [1.807, 2.05) is 31.2 Å². The minimum atomic E-state index is -0.508. The average molecular weight is 383 g/mol. The molecule has 9 heteroatoms. The quantitative estimate of drug-likeness (QED) is 0.514. The number of anilines is 1. The summed E-state index contributed by atoms with van der Waals surface area (Å²) in [6, 6.07) is 11.9. The molecule has 1 N–H and O–H groups in total. The predicted octanol–water partition coefficient (Wildman–Crippen LogP) is 3.69. The van der Waals surface area contributed by atoms with E-state index < -0.39 is 10.8 Å².